The van der Waals surface area contributed by atoms with Crippen LogP contribution in [0.25, 0.3) is 0 Å². The lowest BCUT2D eigenvalue weighted by Gasteiger charge is -2.43. The predicted octanol–water partition coefficient (Wildman–Crippen LogP) is 1.66. The van der Waals surface area contributed by atoms with Gasteiger partial charge in [0, 0.05) is 25.3 Å². The Morgan fingerprint density at radius 1 is 1.47 bits per heavy atom. The van der Waals surface area contributed by atoms with Crippen molar-refractivity contribution in [2.45, 2.75) is 25.2 Å². The van der Waals surface area contributed by atoms with Crippen molar-refractivity contribution in [3.8, 4) is 5.75 Å². The highest BCUT2D eigenvalue weighted by atomic mass is 19.4. The number of nitrogens with one attached hydrogen (secondary N) is 1. The Morgan fingerprint density at radius 3 is 3.00 bits per heavy atom. The zero-order chi connectivity index (χ0) is 13.6. The number of ether oxygens (including phenoxy) is 1. The molecule has 4 nitrogen and oxygen atoms in total. The summed E-state index contributed by atoms with van der Waals surface area (Å²) in [5, 5.41) is 3.32. The van der Waals surface area contributed by atoms with Crippen LogP contribution in [-0.4, -0.2) is 36.8 Å². The zero-order valence-electron chi connectivity index (χ0n) is 10.4. The Bertz CT molecular complexity index is 492. The number of fused-ring (bicyclic) bond motifs is 3. The number of pyridine rings is 1. The summed E-state index contributed by atoms with van der Waals surface area (Å²) in [6.45, 7) is 3.90. The Kier molecular flexibility index (Phi) is 2.81. The van der Waals surface area contributed by atoms with Gasteiger partial charge in [-0.3, -0.25) is 0 Å². The van der Waals surface area contributed by atoms with E-state index in [9.17, 15) is 13.2 Å². The van der Waals surface area contributed by atoms with Gasteiger partial charge >= 0.3 is 6.18 Å². The van der Waals surface area contributed by atoms with E-state index in [4.69, 9.17) is 4.74 Å². The first-order chi connectivity index (χ1) is 8.95. The van der Waals surface area contributed by atoms with Gasteiger partial charge in [0.25, 0.3) is 0 Å². The van der Waals surface area contributed by atoms with Crippen molar-refractivity contribution < 1.29 is 17.9 Å². The second-order valence-corrected chi connectivity index (χ2v) is 4.97. The molecule has 0 aromatic carbocycles. The predicted molar refractivity (Wildman–Crippen MR) is 63.3 cm³/mol. The van der Waals surface area contributed by atoms with Crippen LogP contribution < -0.4 is 15.0 Å². The minimum absolute atomic E-state index is 0.132. The van der Waals surface area contributed by atoms with Crippen LogP contribution >= 0.6 is 0 Å². The molecule has 0 bridgehead atoms. The van der Waals surface area contributed by atoms with Gasteiger partial charge in [-0.1, -0.05) is 0 Å². The Hall–Kier alpha value is -1.50. The second-order valence-electron chi connectivity index (χ2n) is 4.97. The van der Waals surface area contributed by atoms with E-state index in [2.05, 4.69) is 10.3 Å². The van der Waals surface area contributed by atoms with Crippen molar-refractivity contribution in [3.63, 3.8) is 0 Å². The van der Waals surface area contributed by atoms with Gasteiger partial charge in [0.2, 0.25) is 0 Å². The molecule has 2 atom stereocenters. The number of rotatable bonds is 0. The fourth-order valence-corrected chi connectivity index (χ4v) is 2.46. The number of aromatic nitrogens is 1. The van der Waals surface area contributed by atoms with Gasteiger partial charge in [0.1, 0.15) is 6.61 Å². The normalized spacial score (nSPS) is 26.4. The lowest BCUT2D eigenvalue weighted by atomic mass is 10.1. The van der Waals surface area contributed by atoms with Crippen molar-refractivity contribution in [1.29, 1.82) is 0 Å². The summed E-state index contributed by atoms with van der Waals surface area (Å²) in [6.07, 6.45) is -3.52. The summed E-state index contributed by atoms with van der Waals surface area (Å²) in [7, 11) is 0. The third-order valence-electron chi connectivity index (χ3n) is 3.48. The van der Waals surface area contributed by atoms with Gasteiger partial charge < -0.3 is 15.0 Å². The third kappa shape index (κ3) is 2.22. The maximum atomic E-state index is 12.6. The molecule has 3 heterocycles. The molecule has 2 aliphatic heterocycles. The highest BCUT2D eigenvalue weighted by Gasteiger charge is 2.36. The number of hydrogen-bond acceptors (Lipinski definition) is 4. The summed E-state index contributed by atoms with van der Waals surface area (Å²) in [5.41, 5.74) is -0.770. The molecule has 104 valence electrons. The van der Waals surface area contributed by atoms with Crippen LogP contribution in [0.2, 0.25) is 0 Å². The molecule has 1 N–H and O–H groups in total. The Labute approximate surface area is 108 Å². The van der Waals surface area contributed by atoms with Gasteiger partial charge in [-0.2, -0.15) is 13.2 Å². The maximum Gasteiger partial charge on any atom is 0.418 e. The summed E-state index contributed by atoms with van der Waals surface area (Å²) >= 11 is 0. The van der Waals surface area contributed by atoms with Crippen molar-refractivity contribution >= 4 is 5.82 Å². The summed E-state index contributed by atoms with van der Waals surface area (Å²) in [4.78, 5) is 5.99. The van der Waals surface area contributed by atoms with E-state index in [1.165, 1.54) is 0 Å². The van der Waals surface area contributed by atoms with Crippen LogP contribution in [0.5, 0.6) is 5.75 Å². The fourth-order valence-electron chi connectivity index (χ4n) is 2.46. The Morgan fingerprint density at radius 2 is 2.26 bits per heavy atom. The first-order valence-electron chi connectivity index (χ1n) is 6.15. The average molecular weight is 273 g/mol. The molecule has 1 aromatic heterocycles. The number of alkyl halides is 3. The molecule has 0 aliphatic carbocycles. The molecular formula is C12H14F3N3O. The van der Waals surface area contributed by atoms with Gasteiger partial charge in [0.05, 0.1) is 11.6 Å². The zero-order valence-corrected chi connectivity index (χ0v) is 10.4. The van der Waals surface area contributed by atoms with Crippen molar-refractivity contribution in [2.75, 3.05) is 24.6 Å². The van der Waals surface area contributed by atoms with Gasteiger partial charge in [0.15, 0.2) is 11.6 Å². The molecule has 19 heavy (non-hydrogen) atoms. The Balaban J connectivity index is 1.95. The number of piperazine rings is 1. The van der Waals surface area contributed by atoms with Gasteiger partial charge in [-0.25, -0.2) is 4.98 Å². The van der Waals surface area contributed by atoms with Crippen LogP contribution in [0.3, 0.4) is 0 Å². The van der Waals surface area contributed by atoms with Gasteiger partial charge in [-0.15, -0.1) is 0 Å². The number of anilines is 1. The number of halogens is 3. The summed E-state index contributed by atoms with van der Waals surface area (Å²) < 4.78 is 43.3. The van der Waals surface area contributed by atoms with Gasteiger partial charge in [-0.05, 0) is 13.0 Å². The van der Waals surface area contributed by atoms with E-state index >= 15 is 0 Å². The van der Waals surface area contributed by atoms with E-state index < -0.39 is 11.7 Å². The van der Waals surface area contributed by atoms with Crippen LogP contribution in [0.4, 0.5) is 19.0 Å². The lowest BCUT2D eigenvalue weighted by molar-refractivity contribution is -0.138. The highest BCUT2D eigenvalue weighted by Crippen LogP contribution is 2.38. The largest absolute Gasteiger partial charge is 0.487 e. The van der Waals surface area contributed by atoms with Crippen molar-refractivity contribution in [2.24, 2.45) is 0 Å². The molecule has 0 amide bonds. The summed E-state index contributed by atoms with van der Waals surface area (Å²) in [6, 6.07) is 1.45. The van der Waals surface area contributed by atoms with Crippen LogP contribution in [-0.2, 0) is 6.18 Å². The first-order valence-corrected chi connectivity index (χ1v) is 6.15. The van der Waals surface area contributed by atoms with E-state index in [1.807, 2.05) is 11.8 Å². The molecule has 2 unspecified atom stereocenters. The fraction of sp³-hybridized carbons (Fsp3) is 0.583. The average Bonchev–Trinajstić information content (AvgIpc) is 2.36. The van der Waals surface area contributed by atoms with Crippen molar-refractivity contribution in [3.05, 3.63) is 17.8 Å². The molecule has 0 radical (unpaired) electrons. The third-order valence-corrected chi connectivity index (χ3v) is 3.48. The molecule has 1 saturated heterocycles. The van der Waals surface area contributed by atoms with Crippen LogP contribution in [0.1, 0.15) is 12.5 Å². The molecule has 3 rings (SSSR count). The first kappa shape index (κ1) is 12.5. The van der Waals surface area contributed by atoms with Crippen LogP contribution in [0.15, 0.2) is 12.3 Å². The smallest absolute Gasteiger partial charge is 0.418 e. The van der Waals surface area contributed by atoms with E-state index in [-0.39, 0.29) is 17.8 Å². The number of hydrogen-bond donors (Lipinski definition) is 1. The molecule has 0 saturated carbocycles. The van der Waals surface area contributed by atoms with E-state index in [0.717, 1.165) is 25.4 Å². The second kappa shape index (κ2) is 4.26. The van der Waals surface area contributed by atoms with E-state index in [1.54, 1.807) is 0 Å². The quantitative estimate of drug-likeness (QED) is 0.780. The number of nitrogens with zero attached hydrogens (tertiary/aromatic N) is 2. The highest BCUT2D eigenvalue weighted by molar-refractivity contribution is 5.57. The molecule has 1 fully saturated rings. The molecule has 2 aliphatic rings. The lowest BCUT2D eigenvalue weighted by Crippen LogP contribution is -2.59. The minimum Gasteiger partial charge on any atom is -0.487 e. The molecular weight excluding hydrogens is 259 g/mol. The van der Waals surface area contributed by atoms with Crippen LogP contribution in [0, 0.1) is 0 Å². The van der Waals surface area contributed by atoms with E-state index in [0.29, 0.717) is 12.4 Å². The molecule has 7 heteroatoms. The monoisotopic (exact) mass is 273 g/mol. The molecule has 0 spiro atoms. The maximum absolute atomic E-state index is 12.6. The standard InChI is InChI=1S/C12H14F3N3O/c1-7-5-18-9(4-16-7)6-19-10-2-8(12(13,14)15)3-17-11(10)18/h2-3,7,9,16H,4-6H2,1H3. The van der Waals surface area contributed by atoms with Crippen molar-refractivity contribution in [1.82, 2.24) is 10.3 Å². The topological polar surface area (TPSA) is 37.4 Å². The minimum atomic E-state index is -4.39. The summed E-state index contributed by atoms with van der Waals surface area (Å²) in [5.74, 6) is 0.734. The molecule has 1 aromatic rings. The SMILES string of the molecule is CC1CN2c3ncc(C(F)(F)F)cc3OCC2CN1.